The van der Waals surface area contributed by atoms with Gasteiger partial charge in [-0.15, -0.1) is 0 Å². The van der Waals surface area contributed by atoms with Crippen LogP contribution in [0.25, 0.3) is 0 Å². The van der Waals surface area contributed by atoms with Gasteiger partial charge in [-0.3, -0.25) is 4.79 Å². The number of aliphatic hydroxyl groups excluding tert-OH is 2. The summed E-state index contributed by atoms with van der Waals surface area (Å²) < 4.78 is 33.4. The van der Waals surface area contributed by atoms with Crippen LogP contribution >= 0.6 is 0 Å². The van der Waals surface area contributed by atoms with Crippen LogP contribution in [0.4, 0.5) is 5.69 Å². The number of aliphatic hydroxyl groups is 2. The van der Waals surface area contributed by atoms with Crippen molar-refractivity contribution in [1.29, 1.82) is 0 Å². The molecule has 4 fully saturated rings. The zero-order chi connectivity index (χ0) is 27.5. The van der Waals surface area contributed by atoms with Crippen LogP contribution in [0.5, 0.6) is 0 Å². The van der Waals surface area contributed by atoms with Crippen LogP contribution in [-0.2, 0) is 14.9 Å². The highest BCUT2D eigenvalue weighted by molar-refractivity contribution is 7.85. The molecule has 1 amide bonds. The normalized spacial score (nSPS) is 41.5. The van der Waals surface area contributed by atoms with E-state index in [1.165, 1.54) is 37.1 Å². The van der Waals surface area contributed by atoms with E-state index in [0.29, 0.717) is 47.6 Å². The Balaban J connectivity index is 1.22. The summed E-state index contributed by atoms with van der Waals surface area (Å²) in [6.45, 7) is 6.98. The minimum Gasteiger partial charge on any atom is -0.744 e. The number of amides is 1. The molecule has 0 radical (unpaired) electrons. The maximum absolute atomic E-state index is 12.7. The molecule has 0 bridgehead atoms. The van der Waals surface area contributed by atoms with Crippen LogP contribution in [0.1, 0.15) is 85.0 Å². The standard InChI is InChI=1S/C30H45NO6S/c1-18(4-13-28(34)31-20-6-8-22(9-7-20)38(35,36)37)24-11-12-25-23-10-5-19-16-21(32)14-15-29(19,2)26(23)17-27(33)30(24,25)3/h6-9,18-19,21,23-27,32-33H,4-5,10-17H2,1-3H3,(H,31,34)(H,35,36,37)/p-1/t18-,19-,21-,23+,24-,25+,26+,27+,29+,30-/m1/s1. The quantitative estimate of drug-likeness (QED) is 0.434. The van der Waals surface area contributed by atoms with Gasteiger partial charge in [-0.05, 0) is 128 Å². The van der Waals surface area contributed by atoms with Crippen molar-refractivity contribution in [2.45, 2.75) is 102 Å². The van der Waals surface area contributed by atoms with Gasteiger partial charge < -0.3 is 20.1 Å². The van der Waals surface area contributed by atoms with E-state index in [9.17, 15) is 28.0 Å². The van der Waals surface area contributed by atoms with Crippen LogP contribution in [0.3, 0.4) is 0 Å². The molecule has 212 valence electrons. The first-order valence-electron chi connectivity index (χ1n) is 14.6. The van der Waals surface area contributed by atoms with Gasteiger partial charge in [0, 0.05) is 12.1 Å². The molecule has 0 spiro atoms. The van der Waals surface area contributed by atoms with E-state index in [4.69, 9.17) is 0 Å². The van der Waals surface area contributed by atoms with Crippen molar-refractivity contribution in [2.24, 2.45) is 46.3 Å². The van der Waals surface area contributed by atoms with Gasteiger partial charge in [-0.25, -0.2) is 8.42 Å². The molecule has 3 N–H and O–H groups in total. The lowest BCUT2D eigenvalue weighted by molar-refractivity contribution is -0.174. The smallest absolute Gasteiger partial charge is 0.224 e. The van der Waals surface area contributed by atoms with Gasteiger partial charge in [0.05, 0.1) is 17.1 Å². The Labute approximate surface area is 227 Å². The number of rotatable bonds is 6. The molecule has 38 heavy (non-hydrogen) atoms. The predicted molar refractivity (Wildman–Crippen MR) is 144 cm³/mol. The summed E-state index contributed by atoms with van der Waals surface area (Å²) in [7, 11) is -4.51. The maximum Gasteiger partial charge on any atom is 0.224 e. The van der Waals surface area contributed by atoms with Gasteiger partial charge >= 0.3 is 0 Å². The highest BCUT2D eigenvalue weighted by Crippen LogP contribution is 2.68. The summed E-state index contributed by atoms with van der Waals surface area (Å²) in [5.74, 6) is 2.79. The minimum atomic E-state index is -4.51. The fourth-order valence-corrected chi connectivity index (χ4v) is 10.1. The van der Waals surface area contributed by atoms with E-state index < -0.39 is 10.1 Å². The number of fused-ring (bicyclic) bond motifs is 5. The van der Waals surface area contributed by atoms with Gasteiger partial charge in [0.25, 0.3) is 0 Å². The monoisotopic (exact) mass is 546 g/mol. The summed E-state index contributed by atoms with van der Waals surface area (Å²) in [6.07, 6.45) is 8.96. The Morgan fingerprint density at radius 1 is 1.05 bits per heavy atom. The van der Waals surface area contributed by atoms with Crippen molar-refractivity contribution in [3.8, 4) is 0 Å². The zero-order valence-electron chi connectivity index (χ0n) is 22.9. The summed E-state index contributed by atoms with van der Waals surface area (Å²) >= 11 is 0. The maximum atomic E-state index is 12.7. The molecular formula is C30H44NO6S-. The van der Waals surface area contributed by atoms with Crippen LogP contribution in [0.15, 0.2) is 29.2 Å². The molecule has 0 aromatic heterocycles. The summed E-state index contributed by atoms with van der Waals surface area (Å²) in [6, 6.07) is 5.29. The Bertz CT molecular complexity index is 1140. The third-order valence-electron chi connectivity index (χ3n) is 11.8. The first-order valence-corrected chi connectivity index (χ1v) is 16.0. The summed E-state index contributed by atoms with van der Waals surface area (Å²) in [4.78, 5) is 12.3. The molecule has 7 nitrogen and oxygen atoms in total. The molecule has 8 heteroatoms. The number of benzene rings is 1. The number of carbonyl (C=O) groups excluding carboxylic acids is 1. The van der Waals surface area contributed by atoms with Crippen molar-refractivity contribution in [1.82, 2.24) is 0 Å². The minimum absolute atomic E-state index is 0.131. The van der Waals surface area contributed by atoms with Gasteiger partial charge in [-0.2, -0.15) is 0 Å². The van der Waals surface area contributed by atoms with Gasteiger partial charge in [0.15, 0.2) is 0 Å². The summed E-state index contributed by atoms with van der Waals surface area (Å²) in [5, 5.41) is 24.8. The Hall–Kier alpha value is -1.48. The topological polar surface area (TPSA) is 127 Å². The molecule has 0 unspecified atom stereocenters. The molecular weight excluding hydrogens is 502 g/mol. The zero-order valence-corrected chi connectivity index (χ0v) is 23.8. The van der Waals surface area contributed by atoms with Crippen molar-refractivity contribution in [3.05, 3.63) is 24.3 Å². The number of anilines is 1. The fraction of sp³-hybridized carbons (Fsp3) is 0.767. The van der Waals surface area contributed by atoms with Crippen molar-refractivity contribution in [2.75, 3.05) is 5.32 Å². The van der Waals surface area contributed by atoms with Crippen LogP contribution < -0.4 is 5.32 Å². The highest BCUT2D eigenvalue weighted by Gasteiger charge is 2.63. The Morgan fingerprint density at radius 3 is 2.45 bits per heavy atom. The third-order valence-corrected chi connectivity index (χ3v) is 12.6. The molecule has 5 rings (SSSR count). The molecule has 4 aliphatic carbocycles. The van der Waals surface area contributed by atoms with Crippen LogP contribution in [0.2, 0.25) is 0 Å². The van der Waals surface area contributed by atoms with Crippen molar-refractivity contribution >= 4 is 21.7 Å². The van der Waals surface area contributed by atoms with E-state index in [0.717, 1.165) is 44.9 Å². The van der Waals surface area contributed by atoms with Crippen molar-refractivity contribution in [3.63, 3.8) is 0 Å². The largest absolute Gasteiger partial charge is 0.744 e. The number of hydrogen-bond donors (Lipinski definition) is 3. The lowest BCUT2D eigenvalue weighted by atomic mass is 9.43. The SMILES string of the molecule is C[C@H](CCC(=O)Nc1ccc(S(=O)(=O)[O-])cc1)[C@H]1CC[C@H]2[C@@H]3CC[C@@H]4C[C@H](O)CC[C@]4(C)[C@H]3C[C@H](O)[C@]12C. The van der Waals surface area contributed by atoms with E-state index in [-0.39, 0.29) is 33.8 Å². The average molecular weight is 547 g/mol. The molecule has 1 aromatic rings. The first-order chi connectivity index (χ1) is 17.8. The first kappa shape index (κ1) is 28.1. The second-order valence-electron chi connectivity index (χ2n) is 13.4. The molecule has 1 aromatic carbocycles. The number of hydrogen-bond acceptors (Lipinski definition) is 6. The average Bonchev–Trinajstić information content (AvgIpc) is 3.22. The van der Waals surface area contributed by atoms with Gasteiger partial charge in [0.2, 0.25) is 5.91 Å². The molecule has 0 aliphatic heterocycles. The van der Waals surface area contributed by atoms with E-state index in [2.05, 4.69) is 26.1 Å². The third kappa shape index (κ3) is 4.84. The van der Waals surface area contributed by atoms with E-state index in [1.54, 1.807) is 0 Å². The fourth-order valence-electron chi connectivity index (χ4n) is 9.65. The van der Waals surface area contributed by atoms with Crippen LogP contribution in [0, 0.1) is 46.3 Å². The lowest BCUT2D eigenvalue weighted by Crippen LogP contribution is -2.58. The Kier molecular flexibility index (Phi) is 7.51. The van der Waals surface area contributed by atoms with Crippen molar-refractivity contribution < 1.29 is 28.0 Å². The second kappa shape index (κ2) is 10.2. The summed E-state index contributed by atoms with van der Waals surface area (Å²) in [5.41, 5.74) is 0.562. The predicted octanol–water partition coefficient (Wildman–Crippen LogP) is 4.94. The second-order valence-corrected chi connectivity index (χ2v) is 14.8. The number of carbonyl (C=O) groups is 1. The molecule has 4 saturated carbocycles. The lowest BCUT2D eigenvalue weighted by Gasteiger charge is -2.62. The molecule has 10 atom stereocenters. The van der Waals surface area contributed by atoms with Gasteiger partial charge in [-0.1, -0.05) is 20.8 Å². The van der Waals surface area contributed by atoms with E-state index >= 15 is 0 Å². The molecule has 0 saturated heterocycles. The molecule has 4 aliphatic rings. The molecule has 0 heterocycles. The van der Waals surface area contributed by atoms with Crippen LogP contribution in [-0.4, -0.2) is 41.3 Å². The van der Waals surface area contributed by atoms with E-state index in [1.807, 2.05) is 0 Å². The number of nitrogens with one attached hydrogen (secondary N) is 1. The Morgan fingerprint density at radius 2 is 1.76 bits per heavy atom. The highest BCUT2D eigenvalue weighted by atomic mass is 32.2. The van der Waals surface area contributed by atoms with Gasteiger partial charge in [0.1, 0.15) is 10.1 Å².